The average Bonchev–Trinajstić information content (AvgIpc) is 2.95. The molecule has 20 heavy (non-hydrogen) atoms. The van der Waals surface area contributed by atoms with E-state index in [4.69, 9.17) is 14.6 Å². The van der Waals surface area contributed by atoms with Crippen molar-refractivity contribution in [3.63, 3.8) is 0 Å². The van der Waals surface area contributed by atoms with Crippen molar-refractivity contribution in [3.05, 3.63) is 23.8 Å². The molecule has 0 bridgehead atoms. The lowest BCUT2D eigenvalue weighted by atomic mass is 10.1. The van der Waals surface area contributed by atoms with Crippen LogP contribution in [0.1, 0.15) is 23.2 Å². The molecule has 0 saturated carbocycles. The predicted octanol–water partition coefficient (Wildman–Crippen LogP) is 1.39. The Labute approximate surface area is 116 Å². The van der Waals surface area contributed by atoms with E-state index in [0.29, 0.717) is 36.4 Å². The number of nitrogens with zero attached hydrogens (tertiary/aromatic N) is 1. The largest absolute Gasteiger partial charge is 0.497 e. The molecule has 0 spiro atoms. The van der Waals surface area contributed by atoms with Crippen molar-refractivity contribution < 1.29 is 24.2 Å². The number of carboxylic acids is 1. The summed E-state index contributed by atoms with van der Waals surface area (Å²) in [6.45, 7) is 0.454. The molecule has 0 aromatic heterocycles. The van der Waals surface area contributed by atoms with Gasteiger partial charge in [0.05, 0.1) is 14.2 Å². The highest BCUT2D eigenvalue weighted by Crippen LogP contribution is 2.26. The standard InChI is InChI=1S/C14H17NO5/c1-19-10-6-9(7-11(8-10)20-2)13(16)15-5-3-4-12(15)14(17)18/h6-8,12H,3-5H2,1-2H3,(H,17,18). The fourth-order valence-electron chi connectivity index (χ4n) is 2.36. The third-order valence-electron chi connectivity index (χ3n) is 3.40. The lowest BCUT2D eigenvalue weighted by Gasteiger charge is -2.21. The molecule has 1 fully saturated rings. The fraction of sp³-hybridized carbons (Fsp3) is 0.429. The number of carbonyl (C=O) groups is 2. The third kappa shape index (κ3) is 2.68. The van der Waals surface area contributed by atoms with Gasteiger partial charge < -0.3 is 19.5 Å². The molecule has 1 amide bonds. The second-order valence-corrected chi connectivity index (χ2v) is 4.60. The zero-order valence-corrected chi connectivity index (χ0v) is 11.5. The molecular formula is C14H17NO5. The maximum Gasteiger partial charge on any atom is 0.326 e. The molecule has 1 N–H and O–H groups in total. The van der Waals surface area contributed by atoms with E-state index in [1.807, 2.05) is 0 Å². The van der Waals surface area contributed by atoms with Gasteiger partial charge in [-0.2, -0.15) is 0 Å². The Morgan fingerprint density at radius 1 is 1.20 bits per heavy atom. The Kier molecular flexibility index (Phi) is 4.12. The number of benzene rings is 1. The SMILES string of the molecule is COc1cc(OC)cc(C(=O)N2CCCC2C(=O)O)c1. The number of likely N-dealkylation sites (tertiary alicyclic amines) is 1. The van der Waals surface area contributed by atoms with Gasteiger partial charge in [-0.1, -0.05) is 0 Å². The minimum Gasteiger partial charge on any atom is -0.497 e. The summed E-state index contributed by atoms with van der Waals surface area (Å²) in [6, 6.07) is 4.08. The smallest absolute Gasteiger partial charge is 0.326 e. The normalized spacial score (nSPS) is 17.9. The maximum absolute atomic E-state index is 12.4. The monoisotopic (exact) mass is 279 g/mol. The van der Waals surface area contributed by atoms with Gasteiger partial charge in [-0.25, -0.2) is 4.79 Å². The number of amides is 1. The quantitative estimate of drug-likeness (QED) is 0.901. The summed E-state index contributed by atoms with van der Waals surface area (Å²) < 4.78 is 10.2. The number of aliphatic carboxylic acids is 1. The summed E-state index contributed by atoms with van der Waals surface area (Å²) in [6.07, 6.45) is 1.19. The second-order valence-electron chi connectivity index (χ2n) is 4.60. The zero-order valence-electron chi connectivity index (χ0n) is 11.5. The maximum atomic E-state index is 12.4. The molecular weight excluding hydrogens is 262 g/mol. The van der Waals surface area contributed by atoms with Gasteiger partial charge in [0.25, 0.3) is 5.91 Å². The number of ether oxygens (including phenoxy) is 2. The van der Waals surface area contributed by atoms with Crippen molar-refractivity contribution in [3.8, 4) is 11.5 Å². The molecule has 108 valence electrons. The van der Waals surface area contributed by atoms with Crippen molar-refractivity contribution in [2.24, 2.45) is 0 Å². The van der Waals surface area contributed by atoms with Gasteiger partial charge >= 0.3 is 5.97 Å². The molecule has 6 heteroatoms. The van der Waals surface area contributed by atoms with Crippen LogP contribution in [0.25, 0.3) is 0 Å². The van der Waals surface area contributed by atoms with E-state index < -0.39 is 12.0 Å². The van der Waals surface area contributed by atoms with E-state index in [-0.39, 0.29) is 5.91 Å². The first kappa shape index (κ1) is 14.2. The van der Waals surface area contributed by atoms with Crippen molar-refractivity contribution in [2.45, 2.75) is 18.9 Å². The Balaban J connectivity index is 2.30. The Morgan fingerprint density at radius 3 is 2.30 bits per heavy atom. The number of carbonyl (C=O) groups excluding carboxylic acids is 1. The van der Waals surface area contributed by atoms with Crippen molar-refractivity contribution in [2.75, 3.05) is 20.8 Å². The minimum absolute atomic E-state index is 0.313. The van der Waals surface area contributed by atoms with Gasteiger partial charge in [-0.05, 0) is 25.0 Å². The van der Waals surface area contributed by atoms with Crippen LogP contribution in [0.4, 0.5) is 0 Å². The lowest BCUT2D eigenvalue weighted by molar-refractivity contribution is -0.141. The van der Waals surface area contributed by atoms with Crippen LogP contribution in [-0.2, 0) is 4.79 Å². The summed E-state index contributed by atoms with van der Waals surface area (Å²) in [7, 11) is 3.00. The van der Waals surface area contributed by atoms with Crippen molar-refractivity contribution in [1.82, 2.24) is 4.90 Å². The first-order valence-corrected chi connectivity index (χ1v) is 6.33. The molecule has 1 saturated heterocycles. The summed E-state index contributed by atoms with van der Waals surface area (Å²) in [5.41, 5.74) is 0.370. The molecule has 1 atom stereocenters. The Morgan fingerprint density at radius 2 is 1.80 bits per heavy atom. The van der Waals surface area contributed by atoms with Gasteiger partial charge in [0.15, 0.2) is 0 Å². The molecule has 0 radical (unpaired) electrons. The van der Waals surface area contributed by atoms with Crippen LogP contribution in [0.15, 0.2) is 18.2 Å². The molecule has 1 aromatic carbocycles. The van der Waals surface area contributed by atoms with Gasteiger partial charge in [0.2, 0.25) is 0 Å². The van der Waals surface area contributed by atoms with Crippen LogP contribution in [0.5, 0.6) is 11.5 Å². The molecule has 2 rings (SSSR count). The molecule has 0 aliphatic carbocycles. The number of methoxy groups -OCH3 is 2. The molecule has 6 nitrogen and oxygen atoms in total. The molecule has 1 aromatic rings. The van der Waals surface area contributed by atoms with Crippen LogP contribution < -0.4 is 9.47 Å². The molecule has 1 aliphatic heterocycles. The Bertz CT molecular complexity index is 506. The highest BCUT2D eigenvalue weighted by atomic mass is 16.5. The topological polar surface area (TPSA) is 76.1 Å². The van der Waals surface area contributed by atoms with Gasteiger partial charge in [-0.15, -0.1) is 0 Å². The van der Waals surface area contributed by atoms with Gasteiger partial charge in [-0.3, -0.25) is 4.79 Å². The summed E-state index contributed by atoms with van der Waals surface area (Å²) in [5.74, 6) is -0.282. The van der Waals surface area contributed by atoms with E-state index in [1.165, 1.54) is 19.1 Å². The summed E-state index contributed by atoms with van der Waals surface area (Å²) >= 11 is 0. The van der Waals surface area contributed by atoms with Crippen molar-refractivity contribution in [1.29, 1.82) is 0 Å². The van der Waals surface area contributed by atoms with E-state index in [1.54, 1.807) is 18.2 Å². The molecule has 1 unspecified atom stereocenters. The first-order valence-electron chi connectivity index (χ1n) is 6.33. The third-order valence-corrected chi connectivity index (χ3v) is 3.40. The van der Waals surface area contributed by atoms with Crippen LogP contribution in [0.3, 0.4) is 0 Å². The van der Waals surface area contributed by atoms with Crippen LogP contribution >= 0.6 is 0 Å². The van der Waals surface area contributed by atoms with Crippen LogP contribution in [-0.4, -0.2) is 48.7 Å². The minimum atomic E-state index is -0.967. The van der Waals surface area contributed by atoms with Gasteiger partial charge in [0, 0.05) is 18.2 Å². The number of rotatable bonds is 4. The highest BCUT2D eigenvalue weighted by molar-refractivity contribution is 5.97. The van der Waals surface area contributed by atoms with E-state index in [2.05, 4.69) is 0 Å². The molecule has 1 heterocycles. The number of hydrogen-bond donors (Lipinski definition) is 1. The van der Waals surface area contributed by atoms with Crippen LogP contribution in [0.2, 0.25) is 0 Å². The molecule has 1 aliphatic rings. The number of hydrogen-bond acceptors (Lipinski definition) is 4. The predicted molar refractivity (Wildman–Crippen MR) is 71.2 cm³/mol. The number of carboxylic acid groups (broad SMARTS) is 1. The van der Waals surface area contributed by atoms with E-state index in [0.717, 1.165) is 0 Å². The van der Waals surface area contributed by atoms with Crippen LogP contribution in [0, 0.1) is 0 Å². The zero-order chi connectivity index (χ0) is 14.7. The van der Waals surface area contributed by atoms with E-state index in [9.17, 15) is 9.59 Å². The highest BCUT2D eigenvalue weighted by Gasteiger charge is 2.34. The fourth-order valence-corrected chi connectivity index (χ4v) is 2.36. The Hall–Kier alpha value is -2.24. The van der Waals surface area contributed by atoms with E-state index >= 15 is 0 Å². The van der Waals surface area contributed by atoms with Gasteiger partial charge in [0.1, 0.15) is 17.5 Å². The second kappa shape index (κ2) is 5.81. The average molecular weight is 279 g/mol. The summed E-state index contributed by atoms with van der Waals surface area (Å²) in [4.78, 5) is 25.0. The van der Waals surface area contributed by atoms with Crippen molar-refractivity contribution >= 4 is 11.9 Å². The summed E-state index contributed by atoms with van der Waals surface area (Å²) in [5, 5.41) is 9.14. The lowest BCUT2D eigenvalue weighted by Crippen LogP contribution is -2.40. The first-order chi connectivity index (χ1) is 9.56.